The zero-order valence-electron chi connectivity index (χ0n) is 12.9. The summed E-state index contributed by atoms with van der Waals surface area (Å²) >= 11 is 1.53. The van der Waals surface area contributed by atoms with Crippen LogP contribution in [0.3, 0.4) is 0 Å². The van der Waals surface area contributed by atoms with Gasteiger partial charge < -0.3 is 14.6 Å². The van der Waals surface area contributed by atoms with Crippen molar-refractivity contribution < 1.29 is 14.1 Å². The van der Waals surface area contributed by atoms with Gasteiger partial charge in [-0.1, -0.05) is 35.5 Å². The summed E-state index contributed by atoms with van der Waals surface area (Å²) in [6.07, 6.45) is 2.31. The SMILES string of the molecule is O=C(CSCc1cc(-c2ccccc2)on1)NCC1CCCO1. The van der Waals surface area contributed by atoms with Crippen LogP contribution in [-0.2, 0) is 15.3 Å². The summed E-state index contributed by atoms with van der Waals surface area (Å²) in [6, 6.07) is 11.8. The Labute approximate surface area is 139 Å². The van der Waals surface area contributed by atoms with E-state index in [-0.39, 0.29) is 12.0 Å². The highest BCUT2D eigenvalue weighted by atomic mass is 32.2. The second kappa shape index (κ2) is 8.17. The molecule has 6 heteroatoms. The van der Waals surface area contributed by atoms with Gasteiger partial charge in [-0.2, -0.15) is 0 Å². The number of carbonyl (C=O) groups is 1. The lowest BCUT2D eigenvalue weighted by Crippen LogP contribution is -2.32. The van der Waals surface area contributed by atoms with Gasteiger partial charge in [0.15, 0.2) is 5.76 Å². The lowest BCUT2D eigenvalue weighted by atomic mass is 10.2. The fraction of sp³-hybridized carbons (Fsp3) is 0.412. The normalized spacial score (nSPS) is 17.3. The molecule has 0 radical (unpaired) electrons. The molecule has 1 aromatic carbocycles. The summed E-state index contributed by atoms with van der Waals surface area (Å²) in [7, 11) is 0. The first-order valence-electron chi connectivity index (χ1n) is 7.78. The van der Waals surface area contributed by atoms with E-state index in [1.54, 1.807) is 0 Å². The molecule has 5 nitrogen and oxygen atoms in total. The molecule has 2 aromatic rings. The molecule has 122 valence electrons. The predicted molar refractivity (Wildman–Crippen MR) is 90.1 cm³/mol. The average molecular weight is 332 g/mol. The largest absolute Gasteiger partial charge is 0.376 e. The molecule has 2 heterocycles. The Morgan fingerprint density at radius 2 is 2.22 bits per heavy atom. The van der Waals surface area contributed by atoms with E-state index in [9.17, 15) is 4.79 Å². The van der Waals surface area contributed by atoms with Crippen LogP contribution in [0.2, 0.25) is 0 Å². The molecule has 1 fully saturated rings. The second-order valence-corrected chi connectivity index (χ2v) is 6.47. The van der Waals surface area contributed by atoms with Crippen molar-refractivity contribution in [1.82, 2.24) is 10.5 Å². The first-order chi connectivity index (χ1) is 11.3. The third-order valence-electron chi connectivity index (χ3n) is 3.65. The molecular weight excluding hydrogens is 312 g/mol. The fourth-order valence-corrected chi connectivity index (χ4v) is 3.19. The number of nitrogens with one attached hydrogen (secondary N) is 1. The van der Waals surface area contributed by atoms with Crippen LogP contribution in [0.15, 0.2) is 40.9 Å². The van der Waals surface area contributed by atoms with Crippen molar-refractivity contribution in [2.24, 2.45) is 0 Å². The van der Waals surface area contributed by atoms with Gasteiger partial charge in [0, 0.05) is 30.5 Å². The molecule has 0 spiro atoms. The molecule has 1 unspecified atom stereocenters. The van der Waals surface area contributed by atoms with Crippen molar-refractivity contribution in [2.75, 3.05) is 18.9 Å². The molecule has 1 aliphatic heterocycles. The van der Waals surface area contributed by atoms with Crippen LogP contribution in [0.25, 0.3) is 11.3 Å². The third-order valence-corrected chi connectivity index (χ3v) is 4.62. The molecule has 1 saturated heterocycles. The van der Waals surface area contributed by atoms with Crippen molar-refractivity contribution >= 4 is 17.7 Å². The van der Waals surface area contributed by atoms with E-state index in [4.69, 9.17) is 9.26 Å². The van der Waals surface area contributed by atoms with Gasteiger partial charge in [-0.15, -0.1) is 11.8 Å². The van der Waals surface area contributed by atoms with E-state index in [1.165, 1.54) is 11.8 Å². The highest BCUT2D eigenvalue weighted by molar-refractivity contribution is 7.99. The number of nitrogens with zero attached hydrogens (tertiary/aromatic N) is 1. The number of carbonyl (C=O) groups excluding carboxylic acids is 1. The monoisotopic (exact) mass is 332 g/mol. The molecule has 0 saturated carbocycles. The number of ether oxygens (including phenoxy) is 1. The van der Waals surface area contributed by atoms with Gasteiger partial charge in [0.1, 0.15) is 0 Å². The maximum atomic E-state index is 11.8. The van der Waals surface area contributed by atoms with Crippen molar-refractivity contribution in [3.63, 3.8) is 0 Å². The fourth-order valence-electron chi connectivity index (χ4n) is 2.45. The Morgan fingerprint density at radius 1 is 1.35 bits per heavy atom. The number of benzene rings is 1. The Balaban J connectivity index is 1.39. The minimum Gasteiger partial charge on any atom is -0.376 e. The zero-order chi connectivity index (χ0) is 15.9. The standard InChI is InChI=1S/C17H20N2O3S/c20-17(18-10-15-7-4-8-21-15)12-23-11-14-9-16(22-19-14)13-5-2-1-3-6-13/h1-3,5-6,9,15H,4,7-8,10-12H2,(H,18,20). The predicted octanol–water partition coefficient (Wildman–Crippen LogP) is 2.87. The maximum absolute atomic E-state index is 11.8. The topological polar surface area (TPSA) is 64.4 Å². The quantitative estimate of drug-likeness (QED) is 0.844. The molecule has 0 bridgehead atoms. The average Bonchev–Trinajstić information content (AvgIpc) is 3.26. The van der Waals surface area contributed by atoms with Crippen LogP contribution < -0.4 is 5.32 Å². The number of rotatable bonds is 7. The lowest BCUT2D eigenvalue weighted by molar-refractivity contribution is -0.119. The second-order valence-electron chi connectivity index (χ2n) is 5.48. The van der Waals surface area contributed by atoms with E-state index in [0.717, 1.165) is 36.5 Å². The minimum atomic E-state index is 0.0391. The molecule has 1 atom stereocenters. The number of thioether (sulfide) groups is 1. The van der Waals surface area contributed by atoms with Crippen molar-refractivity contribution in [3.8, 4) is 11.3 Å². The Kier molecular flexibility index (Phi) is 5.71. The first kappa shape index (κ1) is 16.1. The van der Waals surface area contributed by atoms with Crippen LogP contribution in [0.4, 0.5) is 0 Å². The van der Waals surface area contributed by atoms with Gasteiger partial charge in [-0.3, -0.25) is 4.79 Å². The van der Waals surface area contributed by atoms with Crippen LogP contribution in [0, 0.1) is 0 Å². The summed E-state index contributed by atoms with van der Waals surface area (Å²) in [5, 5.41) is 6.96. The van der Waals surface area contributed by atoms with Gasteiger partial charge in [0.05, 0.1) is 17.6 Å². The van der Waals surface area contributed by atoms with E-state index < -0.39 is 0 Å². The molecule has 3 rings (SSSR count). The Hall–Kier alpha value is -1.79. The smallest absolute Gasteiger partial charge is 0.230 e. The van der Waals surface area contributed by atoms with Crippen LogP contribution >= 0.6 is 11.8 Å². The molecule has 23 heavy (non-hydrogen) atoms. The Bertz CT molecular complexity index is 624. The molecule has 0 aliphatic carbocycles. The molecule has 1 aliphatic rings. The number of hydrogen-bond donors (Lipinski definition) is 1. The van der Waals surface area contributed by atoms with Crippen LogP contribution in [-0.4, -0.2) is 36.1 Å². The van der Waals surface area contributed by atoms with Gasteiger partial charge in [-0.25, -0.2) is 0 Å². The third kappa shape index (κ3) is 4.84. The van der Waals surface area contributed by atoms with Crippen molar-refractivity contribution in [2.45, 2.75) is 24.7 Å². The van der Waals surface area contributed by atoms with Gasteiger partial charge >= 0.3 is 0 Å². The van der Waals surface area contributed by atoms with Crippen LogP contribution in [0.1, 0.15) is 18.5 Å². The summed E-state index contributed by atoms with van der Waals surface area (Å²) in [5.41, 5.74) is 1.85. The summed E-state index contributed by atoms with van der Waals surface area (Å²) in [5.74, 6) is 1.87. The number of hydrogen-bond acceptors (Lipinski definition) is 5. The van der Waals surface area contributed by atoms with E-state index in [1.807, 2.05) is 36.4 Å². The highest BCUT2D eigenvalue weighted by Gasteiger charge is 2.16. The van der Waals surface area contributed by atoms with E-state index >= 15 is 0 Å². The van der Waals surface area contributed by atoms with Crippen LogP contribution in [0.5, 0.6) is 0 Å². The van der Waals surface area contributed by atoms with Crippen molar-refractivity contribution in [3.05, 3.63) is 42.1 Å². The van der Waals surface area contributed by atoms with E-state index in [0.29, 0.717) is 18.1 Å². The molecule has 1 amide bonds. The molecule has 1 aromatic heterocycles. The lowest BCUT2D eigenvalue weighted by Gasteiger charge is -2.10. The summed E-state index contributed by atoms with van der Waals surface area (Å²) in [6.45, 7) is 1.42. The number of amides is 1. The van der Waals surface area contributed by atoms with Crippen molar-refractivity contribution in [1.29, 1.82) is 0 Å². The highest BCUT2D eigenvalue weighted by Crippen LogP contribution is 2.21. The maximum Gasteiger partial charge on any atom is 0.230 e. The van der Waals surface area contributed by atoms with E-state index in [2.05, 4.69) is 10.5 Å². The minimum absolute atomic E-state index is 0.0391. The Morgan fingerprint density at radius 3 is 3.00 bits per heavy atom. The molecular formula is C17H20N2O3S. The zero-order valence-corrected chi connectivity index (χ0v) is 13.7. The first-order valence-corrected chi connectivity index (χ1v) is 8.94. The summed E-state index contributed by atoms with van der Waals surface area (Å²) < 4.78 is 10.8. The van der Waals surface area contributed by atoms with Gasteiger partial charge in [0.25, 0.3) is 0 Å². The molecule has 1 N–H and O–H groups in total. The van der Waals surface area contributed by atoms with Gasteiger partial charge in [0.2, 0.25) is 5.91 Å². The van der Waals surface area contributed by atoms with Gasteiger partial charge in [-0.05, 0) is 12.8 Å². The number of aromatic nitrogens is 1. The summed E-state index contributed by atoms with van der Waals surface area (Å²) in [4.78, 5) is 11.8.